The maximum Gasteiger partial charge on any atom is 0.342 e. The SMILES string of the molecule is CC(C)Cc1ccc(C(C)C(=O)ON=C(N)c2ccc(Cl)cc2)cc1. The molecule has 0 saturated carbocycles. The van der Waals surface area contributed by atoms with Crippen molar-refractivity contribution in [3.05, 3.63) is 70.2 Å². The summed E-state index contributed by atoms with van der Waals surface area (Å²) in [6.45, 7) is 6.14. The molecule has 0 heterocycles. The lowest BCUT2D eigenvalue weighted by molar-refractivity contribution is -0.145. The number of hydrogen-bond donors (Lipinski definition) is 1. The van der Waals surface area contributed by atoms with E-state index >= 15 is 0 Å². The average Bonchev–Trinajstić information content (AvgIpc) is 2.59. The Kier molecular flexibility index (Phi) is 6.59. The molecule has 0 aliphatic heterocycles. The van der Waals surface area contributed by atoms with Gasteiger partial charge in [-0.25, -0.2) is 4.79 Å². The lowest BCUT2D eigenvalue weighted by Gasteiger charge is -2.11. The zero-order chi connectivity index (χ0) is 18.4. The van der Waals surface area contributed by atoms with Crippen LogP contribution in [0.2, 0.25) is 5.02 Å². The second-order valence-corrected chi connectivity index (χ2v) is 6.89. The molecule has 0 aromatic heterocycles. The van der Waals surface area contributed by atoms with Crippen molar-refractivity contribution in [2.75, 3.05) is 0 Å². The monoisotopic (exact) mass is 358 g/mol. The molecule has 1 atom stereocenters. The molecule has 4 nitrogen and oxygen atoms in total. The molecule has 0 amide bonds. The second-order valence-electron chi connectivity index (χ2n) is 6.45. The van der Waals surface area contributed by atoms with E-state index in [2.05, 4.69) is 19.0 Å². The van der Waals surface area contributed by atoms with E-state index in [-0.39, 0.29) is 5.84 Å². The summed E-state index contributed by atoms with van der Waals surface area (Å²) in [6, 6.07) is 14.8. The molecule has 0 fully saturated rings. The smallest absolute Gasteiger partial charge is 0.342 e. The van der Waals surface area contributed by atoms with Crippen LogP contribution in [-0.2, 0) is 16.1 Å². The Morgan fingerprint density at radius 2 is 1.68 bits per heavy atom. The standard InChI is InChI=1S/C20H23ClN2O2/c1-13(2)12-15-4-6-16(7-5-15)14(3)20(24)25-23-19(22)17-8-10-18(21)11-9-17/h4-11,13-14H,12H2,1-3H3,(H2,22,23). The van der Waals surface area contributed by atoms with Crippen LogP contribution >= 0.6 is 11.6 Å². The minimum absolute atomic E-state index is 0.129. The van der Waals surface area contributed by atoms with Crippen molar-refractivity contribution >= 4 is 23.4 Å². The van der Waals surface area contributed by atoms with Crippen molar-refractivity contribution in [2.45, 2.75) is 33.1 Å². The van der Waals surface area contributed by atoms with E-state index in [0.717, 1.165) is 12.0 Å². The molecule has 0 saturated heterocycles. The van der Waals surface area contributed by atoms with Crippen molar-refractivity contribution in [3.8, 4) is 0 Å². The molecule has 2 aromatic rings. The van der Waals surface area contributed by atoms with Gasteiger partial charge in [-0.05, 0) is 54.7 Å². The molecule has 132 valence electrons. The molecule has 0 aliphatic carbocycles. The number of carbonyl (C=O) groups is 1. The molecule has 1 unspecified atom stereocenters. The number of nitrogens with zero attached hydrogens (tertiary/aromatic N) is 1. The number of oxime groups is 1. The van der Waals surface area contributed by atoms with E-state index in [9.17, 15) is 4.79 Å². The van der Waals surface area contributed by atoms with Crippen molar-refractivity contribution in [1.29, 1.82) is 0 Å². The van der Waals surface area contributed by atoms with Gasteiger partial charge in [0.1, 0.15) is 0 Å². The molecule has 0 spiro atoms. The van der Waals surface area contributed by atoms with Gasteiger partial charge >= 0.3 is 5.97 Å². The van der Waals surface area contributed by atoms with Crippen molar-refractivity contribution in [3.63, 3.8) is 0 Å². The lowest BCUT2D eigenvalue weighted by Crippen LogP contribution is -2.17. The van der Waals surface area contributed by atoms with Crippen LogP contribution in [0.5, 0.6) is 0 Å². The highest BCUT2D eigenvalue weighted by atomic mass is 35.5. The van der Waals surface area contributed by atoms with Crippen LogP contribution in [0.4, 0.5) is 0 Å². The van der Waals surface area contributed by atoms with Crippen LogP contribution in [0.25, 0.3) is 0 Å². The van der Waals surface area contributed by atoms with Crippen molar-refractivity contribution < 1.29 is 9.63 Å². The quantitative estimate of drug-likeness (QED) is 0.357. The number of amidine groups is 1. The summed E-state index contributed by atoms with van der Waals surface area (Å²) in [5.74, 6) is -0.147. The first-order valence-corrected chi connectivity index (χ1v) is 8.63. The van der Waals surface area contributed by atoms with Gasteiger partial charge in [0, 0.05) is 10.6 Å². The third kappa shape index (κ3) is 5.61. The number of carbonyl (C=O) groups excluding carboxylic acids is 1. The average molecular weight is 359 g/mol. The number of benzene rings is 2. The fraction of sp³-hybridized carbons (Fsp3) is 0.300. The summed E-state index contributed by atoms with van der Waals surface area (Å²) < 4.78 is 0. The van der Waals surface area contributed by atoms with Gasteiger partial charge < -0.3 is 10.6 Å². The van der Waals surface area contributed by atoms with Crippen LogP contribution in [-0.4, -0.2) is 11.8 Å². The minimum Gasteiger partial charge on any atom is -0.380 e. The minimum atomic E-state index is -0.450. The molecule has 0 bridgehead atoms. The van der Waals surface area contributed by atoms with Crippen LogP contribution < -0.4 is 5.73 Å². The predicted octanol–water partition coefficient (Wildman–Crippen LogP) is 4.51. The Morgan fingerprint density at radius 3 is 2.24 bits per heavy atom. The van der Waals surface area contributed by atoms with E-state index in [1.807, 2.05) is 24.3 Å². The summed E-state index contributed by atoms with van der Waals surface area (Å²) in [5.41, 5.74) is 8.61. The zero-order valence-corrected chi connectivity index (χ0v) is 15.5. The first-order chi connectivity index (χ1) is 11.9. The van der Waals surface area contributed by atoms with Gasteiger partial charge in [-0.3, -0.25) is 0 Å². The molecule has 5 heteroatoms. The fourth-order valence-electron chi connectivity index (χ4n) is 2.40. The topological polar surface area (TPSA) is 64.7 Å². The maximum atomic E-state index is 12.2. The number of nitrogens with two attached hydrogens (primary N) is 1. The first-order valence-electron chi connectivity index (χ1n) is 8.26. The largest absolute Gasteiger partial charge is 0.380 e. The summed E-state index contributed by atoms with van der Waals surface area (Å²) in [6.07, 6.45) is 1.01. The normalized spacial score (nSPS) is 12.9. The summed E-state index contributed by atoms with van der Waals surface area (Å²) in [5, 5.41) is 4.33. The summed E-state index contributed by atoms with van der Waals surface area (Å²) >= 11 is 5.83. The van der Waals surface area contributed by atoms with Gasteiger partial charge in [-0.2, -0.15) is 0 Å². The van der Waals surface area contributed by atoms with E-state index in [4.69, 9.17) is 22.2 Å². The highest BCUT2D eigenvalue weighted by molar-refractivity contribution is 6.30. The second kappa shape index (κ2) is 8.67. The molecule has 25 heavy (non-hydrogen) atoms. The molecule has 2 aromatic carbocycles. The van der Waals surface area contributed by atoms with E-state index in [1.165, 1.54) is 5.56 Å². The number of rotatable bonds is 6. The van der Waals surface area contributed by atoms with E-state index in [1.54, 1.807) is 31.2 Å². The van der Waals surface area contributed by atoms with Crippen molar-refractivity contribution in [2.24, 2.45) is 16.8 Å². The summed E-state index contributed by atoms with van der Waals surface area (Å²) in [4.78, 5) is 17.2. The molecular weight excluding hydrogens is 336 g/mol. The van der Waals surface area contributed by atoms with Crippen LogP contribution in [0, 0.1) is 5.92 Å². The Morgan fingerprint density at radius 1 is 1.08 bits per heavy atom. The first kappa shape index (κ1) is 19.0. The molecule has 0 radical (unpaired) electrons. The molecule has 0 aliphatic rings. The van der Waals surface area contributed by atoms with Gasteiger partial charge in [-0.1, -0.05) is 54.9 Å². The third-order valence-corrected chi connectivity index (χ3v) is 4.10. The Hall–Kier alpha value is -2.33. The highest BCUT2D eigenvalue weighted by Gasteiger charge is 2.17. The van der Waals surface area contributed by atoms with E-state index < -0.39 is 11.9 Å². The van der Waals surface area contributed by atoms with E-state index in [0.29, 0.717) is 16.5 Å². The van der Waals surface area contributed by atoms with Gasteiger partial charge in [0.15, 0.2) is 5.84 Å². The van der Waals surface area contributed by atoms with Gasteiger partial charge in [-0.15, -0.1) is 0 Å². The van der Waals surface area contributed by atoms with Crippen LogP contribution in [0.15, 0.2) is 53.7 Å². The fourth-order valence-corrected chi connectivity index (χ4v) is 2.52. The van der Waals surface area contributed by atoms with Crippen molar-refractivity contribution in [1.82, 2.24) is 0 Å². The van der Waals surface area contributed by atoms with Crippen LogP contribution in [0.3, 0.4) is 0 Å². The molecular formula is C20H23ClN2O2. The Labute approximate surface area is 153 Å². The zero-order valence-electron chi connectivity index (χ0n) is 14.7. The Balaban J connectivity index is 1.99. The Bertz CT molecular complexity index is 737. The van der Waals surface area contributed by atoms with Gasteiger partial charge in [0.05, 0.1) is 5.92 Å². The third-order valence-electron chi connectivity index (χ3n) is 3.85. The molecule has 2 N–H and O–H groups in total. The van der Waals surface area contributed by atoms with Gasteiger partial charge in [0.25, 0.3) is 0 Å². The lowest BCUT2D eigenvalue weighted by atomic mass is 9.97. The number of hydrogen-bond acceptors (Lipinski definition) is 3. The van der Waals surface area contributed by atoms with Gasteiger partial charge in [0.2, 0.25) is 0 Å². The van der Waals surface area contributed by atoms with Crippen LogP contribution in [0.1, 0.15) is 43.4 Å². The predicted molar refractivity (Wildman–Crippen MR) is 102 cm³/mol. The summed E-state index contributed by atoms with van der Waals surface area (Å²) in [7, 11) is 0. The molecule has 2 rings (SSSR count). The highest BCUT2D eigenvalue weighted by Crippen LogP contribution is 2.19. The number of halogens is 1. The maximum absolute atomic E-state index is 12.2.